The molecular weight excluding hydrogens is 418 g/mol. The number of thiazole rings is 1. The van der Waals surface area contributed by atoms with Gasteiger partial charge in [-0.1, -0.05) is 12.1 Å². The standard InChI is InChI=1S/C21H19N5O4S/c1-13-12-31-20(23-13)24-17(27)11-25-16-4-3-9-22-18(16)19(28)26(21(25)29)10-14-5-7-15(30-2)8-6-14/h3-9,12H,10-11H2,1-2H3,(H,23,24,27). The molecule has 3 aromatic heterocycles. The summed E-state index contributed by atoms with van der Waals surface area (Å²) >= 11 is 1.30. The number of methoxy groups -OCH3 is 1. The molecule has 0 saturated carbocycles. The Morgan fingerprint density at radius 1 is 1.16 bits per heavy atom. The number of anilines is 1. The molecule has 0 spiro atoms. The van der Waals surface area contributed by atoms with Crippen LogP contribution in [0, 0.1) is 6.92 Å². The topological polar surface area (TPSA) is 108 Å². The smallest absolute Gasteiger partial charge is 0.332 e. The molecule has 9 nitrogen and oxygen atoms in total. The maximum absolute atomic E-state index is 13.2. The van der Waals surface area contributed by atoms with Gasteiger partial charge in [-0.2, -0.15) is 0 Å². The van der Waals surface area contributed by atoms with Crippen molar-refractivity contribution in [1.82, 2.24) is 19.1 Å². The number of carbonyl (C=O) groups is 1. The van der Waals surface area contributed by atoms with Crippen molar-refractivity contribution in [3.05, 3.63) is 80.1 Å². The number of rotatable bonds is 6. The van der Waals surface area contributed by atoms with Crippen molar-refractivity contribution in [2.45, 2.75) is 20.0 Å². The fourth-order valence-corrected chi connectivity index (χ4v) is 3.87. The Balaban J connectivity index is 1.74. The highest BCUT2D eigenvalue weighted by atomic mass is 32.1. The van der Waals surface area contributed by atoms with Crippen LogP contribution >= 0.6 is 11.3 Å². The van der Waals surface area contributed by atoms with Crippen LogP contribution in [0.1, 0.15) is 11.3 Å². The predicted octanol–water partition coefficient (Wildman–Crippen LogP) is 2.02. The number of pyridine rings is 1. The Morgan fingerprint density at radius 3 is 2.61 bits per heavy atom. The van der Waals surface area contributed by atoms with Crippen LogP contribution in [-0.4, -0.2) is 32.1 Å². The first-order valence-corrected chi connectivity index (χ1v) is 10.3. The lowest BCUT2D eigenvalue weighted by Crippen LogP contribution is -2.42. The fraction of sp³-hybridized carbons (Fsp3) is 0.190. The molecule has 0 saturated heterocycles. The minimum absolute atomic E-state index is 0.0431. The van der Waals surface area contributed by atoms with Crippen LogP contribution in [0.5, 0.6) is 5.75 Å². The largest absolute Gasteiger partial charge is 0.497 e. The van der Waals surface area contributed by atoms with E-state index in [2.05, 4.69) is 15.3 Å². The van der Waals surface area contributed by atoms with Crippen molar-refractivity contribution in [1.29, 1.82) is 0 Å². The minimum atomic E-state index is -0.591. The number of nitrogens with one attached hydrogen (secondary N) is 1. The van der Waals surface area contributed by atoms with Gasteiger partial charge in [0.05, 0.1) is 24.9 Å². The van der Waals surface area contributed by atoms with Gasteiger partial charge in [-0.05, 0) is 36.8 Å². The van der Waals surface area contributed by atoms with Crippen molar-refractivity contribution in [3.8, 4) is 5.75 Å². The molecule has 0 aliphatic heterocycles. The zero-order chi connectivity index (χ0) is 22.0. The summed E-state index contributed by atoms with van der Waals surface area (Å²) in [5.41, 5.74) is 0.850. The summed E-state index contributed by atoms with van der Waals surface area (Å²) in [4.78, 5) is 47.1. The van der Waals surface area contributed by atoms with E-state index in [4.69, 9.17) is 4.74 Å². The maximum atomic E-state index is 13.2. The van der Waals surface area contributed by atoms with Crippen LogP contribution in [-0.2, 0) is 17.9 Å². The summed E-state index contributed by atoms with van der Waals surface area (Å²) in [5, 5.41) is 4.95. The van der Waals surface area contributed by atoms with E-state index >= 15 is 0 Å². The molecule has 0 atom stereocenters. The fourth-order valence-electron chi connectivity index (χ4n) is 3.16. The maximum Gasteiger partial charge on any atom is 0.332 e. The van der Waals surface area contributed by atoms with Crippen LogP contribution in [0.2, 0.25) is 0 Å². The number of fused-ring (bicyclic) bond motifs is 1. The van der Waals surface area contributed by atoms with Crippen molar-refractivity contribution in [2.75, 3.05) is 12.4 Å². The van der Waals surface area contributed by atoms with Crippen LogP contribution in [0.15, 0.2) is 57.6 Å². The minimum Gasteiger partial charge on any atom is -0.497 e. The molecule has 0 bridgehead atoms. The second-order valence-electron chi connectivity index (χ2n) is 6.82. The van der Waals surface area contributed by atoms with E-state index in [0.29, 0.717) is 16.4 Å². The summed E-state index contributed by atoms with van der Waals surface area (Å²) in [6.45, 7) is 1.59. The Labute approximate surface area is 180 Å². The van der Waals surface area contributed by atoms with Crippen molar-refractivity contribution in [2.24, 2.45) is 0 Å². The molecule has 0 radical (unpaired) electrons. The summed E-state index contributed by atoms with van der Waals surface area (Å²) in [7, 11) is 1.56. The molecule has 0 aliphatic carbocycles. The number of ether oxygens (including phenoxy) is 1. The number of carbonyl (C=O) groups excluding carboxylic acids is 1. The van der Waals surface area contributed by atoms with Gasteiger partial charge in [-0.15, -0.1) is 11.3 Å². The molecule has 1 N–H and O–H groups in total. The van der Waals surface area contributed by atoms with Gasteiger partial charge in [-0.3, -0.25) is 18.7 Å². The van der Waals surface area contributed by atoms with Gasteiger partial charge in [-0.25, -0.2) is 14.8 Å². The molecule has 158 valence electrons. The first kappa shape index (κ1) is 20.5. The van der Waals surface area contributed by atoms with Crippen LogP contribution in [0.4, 0.5) is 5.13 Å². The van der Waals surface area contributed by atoms with E-state index in [9.17, 15) is 14.4 Å². The van der Waals surface area contributed by atoms with E-state index in [1.165, 1.54) is 22.1 Å². The van der Waals surface area contributed by atoms with E-state index in [1.54, 1.807) is 43.5 Å². The summed E-state index contributed by atoms with van der Waals surface area (Å²) in [5.74, 6) is 0.249. The van der Waals surface area contributed by atoms with Crippen LogP contribution < -0.4 is 21.3 Å². The van der Waals surface area contributed by atoms with Gasteiger partial charge in [0.25, 0.3) is 5.56 Å². The molecular formula is C21H19N5O4S. The van der Waals surface area contributed by atoms with Gasteiger partial charge in [0.1, 0.15) is 12.3 Å². The SMILES string of the molecule is COc1ccc(Cn2c(=O)c3ncccc3n(CC(=O)Nc3nc(C)cs3)c2=O)cc1. The van der Waals surface area contributed by atoms with E-state index in [1.807, 2.05) is 12.3 Å². The van der Waals surface area contributed by atoms with Gasteiger partial charge in [0, 0.05) is 11.6 Å². The van der Waals surface area contributed by atoms with E-state index in [-0.39, 0.29) is 18.6 Å². The Kier molecular flexibility index (Phi) is 5.63. The van der Waals surface area contributed by atoms with Crippen LogP contribution in [0.3, 0.4) is 0 Å². The normalized spacial score (nSPS) is 10.9. The van der Waals surface area contributed by atoms with Crippen LogP contribution in [0.25, 0.3) is 11.0 Å². The highest BCUT2D eigenvalue weighted by Gasteiger charge is 2.17. The lowest BCUT2D eigenvalue weighted by atomic mass is 10.2. The number of benzene rings is 1. The zero-order valence-corrected chi connectivity index (χ0v) is 17.7. The zero-order valence-electron chi connectivity index (χ0n) is 16.9. The second-order valence-corrected chi connectivity index (χ2v) is 7.68. The summed E-state index contributed by atoms with van der Waals surface area (Å²) < 4.78 is 7.48. The summed E-state index contributed by atoms with van der Waals surface area (Å²) in [6.07, 6.45) is 1.48. The lowest BCUT2D eigenvalue weighted by molar-refractivity contribution is -0.116. The number of aryl methyl sites for hydroxylation is 1. The van der Waals surface area contributed by atoms with Crippen molar-refractivity contribution >= 4 is 33.4 Å². The monoisotopic (exact) mass is 437 g/mol. The van der Waals surface area contributed by atoms with E-state index in [0.717, 1.165) is 15.8 Å². The average molecular weight is 437 g/mol. The molecule has 1 aromatic carbocycles. The third-order valence-corrected chi connectivity index (χ3v) is 5.53. The highest BCUT2D eigenvalue weighted by molar-refractivity contribution is 7.13. The molecule has 1 amide bonds. The number of nitrogens with zero attached hydrogens (tertiary/aromatic N) is 4. The lowest BCUT2D eigenvalue weighted by Gasteiger charge is -2.13. The molecule has 0 unspecified atom stereocenters. The number of aromatic nitrogens is 4. The third-order valence-electron chi connectivity index (χ3n) is 4.65. The van der Waals surface area contributed by atoms with Gasteiger partial charge in [0.2, 0.25) is 5.91 Å². The van der Waals surface area contributed by atoms with Crippen molar-refractivity contribution < 1.29 is 9.53 Å². The van der Waals surface area contributed by atoms with Crippen molar-refractivity contribution in [3.63, 3.8) is 0 Å². The molecule has 4 aromatic rings. The number of amides is 1. The highest BCUT2D eigenvalue weighted by Crippen LogP contribution is 2.15. The van der Waals surface area contributed by atoms with Gasteiger partial charge in [0.15, 0.2) is 10.6 Å². The second kappa shape index (κ2) is 8.52. The molecule has 10 heteroatoms. The summed E-state index contributed by atoms with van der Waals surface area (Å²) in [6, 6.07) is 10.3. The van der Waals surface area contributed by atoms with Gasteiger partial charge < -0.3 is 10.1 Å². The third kappa shape index (κ3) is 4.24. The Bertz CT molecular complexity index is 1370. The molecule has 0 fully saturated rings. The first-order chi connectivity index (χ1) is 15.0. The molecule has 4 rings (SSSR count). The van der Waals surface area contributed by atoms with Gasteiger partial charge >= 0.3 is 5.69 Å². The number of hydrogen-bond donors (Lipinski definition) is 1. The van der Waals surface area contributed by atoms with E-state index < -0.39 is 17.2 Å². The molecule has 31 heavy (non-hydrogen) atoms. The average Bonchev–Trinajstić information content (AvgIpc) is 3.19. The molecule has 3 heterocycles. The first-order valence-electron chi connectivity index (χ1n) is 9.39. The number of hydrogen-bond acceptors (Lipinski definition) is 7. The molecule has 0 aliphatic rings. The Hall–Kier alpha value is -3.79. The predicted molar refractivity (Wildman–Crippen MR) is 118 cm³/mol. The Morgan fingerprint density at radius 2 is 1.94 bits per heavy atom. The quantitative estimate of drug-likeness (QED) is 0.494.